The van der Waals surface area contributed by atoms with E-state index in [-0.39, 0.29) is 12.5 Å². The van der Waals surface area contributed by atoms with E-state index in [4.69, 9.17) is 9.47 Å². The van der Waals surface area contributed by atoms with Gasteiger partial charge in [0.2, 0.25) is 12.7 Å². The van der Waals surface area contributed by atoms with Crippen LogP contribution in [0.5, 0.6) is 11.5 Å². The molecule has 2 heterocycles. The predicted octanol–water partition coefficient (Wildman–Crippen LogP) is 3.05. The molecule has 9 nitrogen and oxygen atoms in total. The van der Waals surface area contributed by atoms with Crippen molar-refractivity contribution in [3.05, 3.63) is 54.1 Å². The minimum atomic E-state index is -0.496. The molecule has 1 aromatic heterocycles. The number of carbonyl (C=O) groups is 2. The quantitative estimate of drug-likeness (QED) is 0.505. The summed E-state index contributed by atoms with van der Waals surface area (Å²) in [5.41, 5.74) is 1.90. The number of imide groups is 1. The molecule has 0 atom stereocenters. The Morgan fingerprint density at radius 2 is 1.91 bits per heavy atom. The second-order valence-corrected chi connectivity index (χ2v) is 7.98. The van der Waals surface area contributed by atoms with Gasteiger partial charge >= 0.3 is 6.03 Å². The van der Waals surface area contributed by atoms with Crippen molar-refractivity contribution in [1.82, 2.24) is 25.4 Å². The molecular weight excluding hydrogens is 430 g/mol. The summed E-state index contributed by atoms with van der Waals surface area (Å²) in [7, 11) is 0. The van der Waals surface area contributed by atoms with E-state index in [0.29, 0.717) is 35.6 Å². The zero-order valence-corrected chi connectivity index (χ0v) is 18.4. The maximum absolute atomic E-state index is 12.2. The number of fused-ring (bicyclic) bond motifs is 1. The van der Waals surface area contributed by atoms with Gasteiger partial charge in [0.05, 0.1) is 12.3 Å². The van der Waals surface area contributed by atoms with E-state index >= 15 is 0 Å². The predicted molar refractivity (Wildman–Crippen MR) is 120 cm³/mol. The number of hydrogen-bond acceptors (Lipinski definition) is 7. The Bertz CT molecular complexity index is 1100. The first-order chi connectivity index (χ1) is 15.6. The Morgan fingerprint density at radius 3 is 2.72 bits per heavy atom. The van der Waals surface area contributed by atoms with Crippen molar-refractivity contribution in [3.8, 4) is 22.9 Å². The minimum absolute atomic E-state index is 0.0353. The van der Waals surface area contributed by atoms with Gasteiger partial charge in [-0.25, -0.2) is 4.79 Å². The molecule has 3 amide bonds. The molecule has 2 aromatic carbocycles. The van der Waals surface area contributed by atoms with Crippen molar-refractivity contribution in [2.24, 2.45) is 0 Å². The second-order valence-electron chi connectivity index (χ2n) is 7.04. The summed E-state index contributed by atoms with van der Waals surface area (Å²) < 4.78 is 12.8. The number of rotatable bonds is 8. The fourth-order valence-electron chi connectivity index (χ4n) is 3.14. The third-order valence-corrected chi connectivity index (χ3v) is 5.61. The maximum atomic E-state index is 12.2. The summed E-state index contributed by atoms with van der Waals surface area (Å²) in [6.45, 7) is 3.14. The number of nitrogens with zero attached hydrogens (tertiary/aromatic N) is 3. The van der Waals surface area contributed by atoms with Crippen LogP contribution in [0.3, 0.4) is 0 Å². The van der Waals surface area contributed by atoms with E-state index in [1.54, 1.807) is 0 Å². The first kappa shape index (κ1) is 21.7. The van der Waals surface area contributed by atoms with E-state index < -0.39 is 11.9 Å². The Balaban J connectivity index is 1.52. The lowest BCUT2D eigenvalue weighted by atomic mass is 10.2. The highest BCUT2D eigenvalue weighted by molar-refractivity contribution is 7.99. The van der Waals surface area contributed by atoms with E-state index in [0.717, 1.165) is 17.5 Å². The molecular formula is C22H23N5O4S. The van der Waals surface area contributed by atoms with Crippen LogP contribution in [0.25, 0.3) is 11.4 Å². The summed E-state index contributed by atoms with van der Waals surface area (Å²) in [5.74, 6) is 1.74. The van der Waals surface area contributed by atoms with Gasteiger partial charge in [-0.3, -0.25) is 14.7 Å². The third-order valence-electron chi connectivity index (χ3n) is 4.65. The summed E-state index contributed by atoms with van der Waals surface area (Å²) >= 11 is 1.22. The largest absolute Gasteiger partial charge is 0.454 e. The maximum Gasteiger partial charge on any atom is 0.321 e. The molecule has 0 saturated carbocycles. The van der Waals surface area contributed by atoms with Crippen molar-refractivity contribution in [3.63, 3.8) is 0 Å². The van der Waals surface area contributed by atoms with Crippen LogP contribution in [0.1, 0.15) is 18.9 Å². The topological polar surface area (TPSA) is 107 Å². The number of amides is 3. The van der Waals surface area contributed by atoms with Crippen LogP contribution < -0.4 is 20.1 Å². The number of thioether (sulfide) groups is 1. The summed E-state index contributed by atoms with van der Waals surface area (Å²) in [6, 6.07) is 15.0. The molecule has 1 aliphatic heterocycles. The number of ether oxygens (including phenoxy) is 2. The minimum Gasteiger partial charge on any atom is -0.454 e. The van der Waals surface area contributed by atoms with E-state index in [1.807, 2.05) is 60.0 Å². The van der Waals surface area contributed by atoms with E-state index in [2.05, 4.69) is 20.8 Å². The second kappa shape index (κ2) is 10.2. The number of nitrogens with one attached hydrogen (secondary N) is 2. The third kappa shape index (κ3) is 5.20. The molecule has 0 unspecified atom stereocenters. The van der Waals surface area contributed by atoms with Gasteiger partial charge in [-0.05, 0) is 24.1 Å². The first-order valence-corrected chi connectivity index (χ1v) is 11.2. The molecule has 32 heavy (non-hydrogen) atoms. The number of carbonyl (C=O) groups excluding carboxylic acids is 2. The molecule has 0 saturated heterocycles. The van der Waals surface area contributed by atoms with Crippen LogP contribution in [0.15, 0.2) is 53.7 Å². The van der Waals surface area contributed by atoms with Gasteiger partial charge in [0.15, 0.2) is 22.5 Å². The van der Waals surface area contributed by atoms with Crippen molar-refractivity contribution in [2.45, 2.75) is 25.0 Å². The van der Waals surface area contributed by atoms with Crippen LogP contribution >= 0.6 is 11.8 Å². The number of benzene rings is 2. The zero-order chi connectivity index (χ0) is 22.3. The fraction of sp³-hybridized carbons (Fsp3) is 0.273. The highest BCUT2D eigenvalue weighted by atomic mass is 32.2. The molecule has 0 spiro atoms. The molecule has 3 aromatic rings. The molecule has 4 rings (SSSR count). The molecule has 2 N–H and O–H groups in total. The zero-order valence-electron chi connectivity index (χ0n) is 17.5. The average Bonchev–Trinajstić information content (AvgIpc) is 3.43. The van der Waals surface area contributed by atoms with Crippen molar-refractivity contribution in [1.29, 1.82) is 0 Å². The van der Waals surface area contributed by atoms with Gasteiger partial charge in [0, 0.05) is 12.1 Å². The smallest absolute Gasteiger partial charge is 0.321 e. The van der Waals surface area contributed by atoms with Crippen LogP contribution in [-0.2, 0) is 11.3 Å². The van der Waals surface area contributed by atoms with Crippen molar-refractivity contribution < 1.29 is 19.1 Å². The lowest BCUT2D eigenvalue weighted by molar-refractivity contribution is -0.117. The fourth-order valence-corrected chi connectivity index (χ4v) is 3.87. The molecule has 1 aliphatic rings. The molecule has 0 fully saturated rings. The summed E-state index contributed by atoms with van der Waals surface area (Å²) in [5, 5.41) is 14.2. The van der Waals surface area contributed by atoms with Gasteiger partial charge in [0.25, 0.3) is 0 Å². The molecule has 166 valence electrons. The van der Waals surface area contributed by atoms with Gasteiger partial charge in [0.1, 0.15) is 0 Å². The van der Waals surface area contributed by atoms with E-state index in [1.165, 1.54) is 11.8 Å². The molecule has 0 bridgehead atoms. The number of aromatic nitrogens is 3. The summed E-state index contributed by atoms with van der Waals surface area (Å²) in [4.78, 5) is 23.9. The lowest BCUT2D eigenvalue weighted by Crippen LogP contribution is -2.40. The molecule has 0 aliphatic carbocycles. The van der Waals surface area contributed by atoms with Crippen LogP contribution in [0.4, 0.5) is 4.79 Å². The average molecular weight is 454 g/mol. The van der Waals surface area contributed by atoms with Crippen LogP contribution in [-0.4, -0.2) is 45.8 Å². The Hall–Kier alpha value is -3.53. The number of hydrogen-bond donors (Lipinski definition) is 2. The molecule has 10 heteroatoms. The van der Waals surface area contributed by atoms with Gasteiger partial charge in [-0.15, -0.1) is 10.2 Å². The van der Waals surface area contributed by atoms with E-state index in [9.17, 15) is 9.59 Å². The van der Waals surface area contributed by atoms with Gasteiger partial charge in [-0.2, -0.15) is 0 Å². The SMILES string of the molecule is CCCNC(=O)NC(=O)CSc1nnc(-c2ccccc2)n1Cc1ccc2c(c1)OCO2. The number of urea groups is 1. The highest BCUT2D eigenvalue weighted by Gasteiger charge is 2.19. The van der Waals surface area contributed by atoms with Gasteiger partial charge < -0.3 is 14.8 Å². The van der Waals surface area contributed by atoms with Crippen molar-refractivity contribution in [2.75, 3.05) is 19.1 Å². The van der Waals surface area contributed by atoms with Crippen LogP contribution in [0, 0.1) is 0 Å². The molecule has 0 radical (unpaired) electrons. The Morgan fingerprint density at radius 1 is 1.09 bits per heavy atom. The standard InChI is InChI=1S/C22H23N5O4S/c1-2-10-23-21(29)24-19(28)13-32-22-26-25-20(16-6-4-3-5-7-16)27(22)12-15-8-9-17-18(11-15)31-14-30-17/h3-9,11H,2,10,12-14H2,1H3,(H2,23,24,28,29). The van der Waals surface area contributed by atoms with Gasteiger partial charge in [-0.1, -0.05) is 55.1 Å². The Kier molecular flexibility index (Phi) is 6.90. The first-order valence-electron chi connectivity index (χ1n) is 10.2. The lowest BCUT2D eigenvalue weighted by Gasteiger charge is -2.11. The highest BCUT2D eigenvalue weighted by Crippen LogP contribution is 2.33. The Labute approximate surface area is 189 Å². The van der Waals surface area contributed by atoms with Crippen LogP contribution in [0.2, 0.25) is 0 Å². The monoisotopic (exact) mass is 453 g/mol. The summed E-state index contributed by atoms with van der Waals surface area (Å²) in [6.07, 6.45) is 0.793. The normalized spacial score (nSPS) is 11.9. The van der Waals surface area contributed by atoms with Crippen molar-refractivity contribution >= 4 is 23.7 Å².